The Kier molecular flexibility index (Phi) is 5.20. The summed E-state index contributed by atoms with van der Waals surface area (Å²) in [4.78, 5) is 13.0. The molecule has 1 amide bonds. The first-order valence-electron chi connectivity index (χ1n) is 6.62. The lowest BCUT2D eigenvalue weighted by Crippen LogP contribution is -2.31. The normalized spacial score (nSPS) is 10.5. The quantitative estimate of drug-likeness (QED) is 0.789. The van der Waals surface area contributed by atoms with Gasteiger partial charge in [0.05, 0.1) is 0 Å². The number of hydrogen-bond donors (Lipinski definition) is 0. The molecule has 2 rings (SSSR count). The average molecular weight is 327 g/mol. The molecule has 0 atom stereocenters. The molecule has 0 aliphatic carbocycles. The fourth-order valence-corrected chi connectivity index (χ4v) is 1.84. The third kappa shape index (κ3) is 4.45. The maximum atomic E-state index is 13.5. The molecule has 0 aliphatic rings. The fourth-order valence-electron chi connectivity index (χ4n) is 1.84. The zero-order chi connectivity index (χ0) is 17.0. The monoisotopic (exact) mass is 327 g/mol. The lowest BCUT2D eigenvalue weighted by molar-refractivity contribution is -0.132. The summed E-state index contributed by atoms with van der Waals surface area (Å²) in [6.07, 6.45) is 0. The van der Waals surface area contributed by atoms with Crippen LogP contribution >= 0.6 is 0 Å². The Bertz CT molecular complexity index is 721. The molecule has 0 spiro atoms. The van der Waals surface area contributed by atoms with Gasteiger partial charge in [0.2, 0.25) is 0 Å². The van der Waals surface area contributed by atoms with E-state index >= 15 is 0 Å². The van der Waals surface area contributed by atoms with Crippen LogP contribution in [0.3, 0.4) is 0 Å². The highest BCUT2D eigenvalue weighted by molar-refractivity contribution is 5.77. The van der Waals surface area contributed by atoms with Crippen LogP contribution < -0.4 is 4.74 Å². The predicted molar refractivity (Wildman–Crippen MR) is 74.7 cm³/mol. The molecule has 122 valence electrons. The molecule has 2 aromatic carbocycles. The van der Waals surface area contributed by atoms with E-state index in [1.807, 2.05) is 0 Å². The van der Waals surface area contributed by atoms with Gasteiger partial charge in [-0.15, -0.1) is 0 Å². The molecule has 0 N–H and O–H groups in total. The van der Waals surface area contributed by atoms with Crippen molar-refractivity contribution < 1.29 is 27.1 Å². The van der Waals surface area contributed by atoms with Gasteiger partial charge in [-0.1, -0.05) is 6.07 Å². The average Bonchev–Trinajstić information content (AvgIpc) is 2.48. The first kappa shape index (κ1) is 16.8. The number of rotatable bonds is 5. The molecule has 0 saturated carbocycles. The second-order valence-electron chi connectivity index (χ2n) is 4.85. The maximum Gasteiger partial charge on any atom is 0.260 e. The Balaban J connectivity index is 1.94. The largest absolute Gasteiger partial charge is 0.481 e. The van der Waals surface area contributed by atoms with Gasteiger partial charge in [-0.3, -0.25) is 4.79 Å². The van der Waals surface area contributed by atoms with E-state index in [2.05, 4.69) is 0 Å². The second-order valence-corrected chi connectivity index (χ2v) is 4.85. The fraction of sp³-hybridized carbons (Fsp3) is 0.188. The van der Waals surface area contributed by atoms with Crippen molar-refractivity contribution in [2.45, 2.75) is 6.54 Å². The Morgan fingerprint density at radius 1 is 1.00 bits per heavy atom. The van der Waals surface area contributed by atoms with Crippen molar-refractivity contribution in [3.63, 3.8) is 0 Å². The van der Waals surface area contributed by atoms with Crippen molar-refractivity contribution in [2.24, 2.45) is 0 Å². The molecule has 0 unspecified atom stereocenters. The molecule has 0 saturated heterocycles. The van der Waals surface area contributed by atoms with Gasteiger partial charge in [0.15, 0.2) is 18.2 Å². The highest BCUT2D eigenvalue weighted by Crippen LogP contribution is 2.18. The van der Waals surface area contributed by atoms with Crippen LogP contribution in [0.4, 0.5) is 17.6 Å². The third-order valence-electron chi connectivity index (χ3n) is 3.09. The van der Waals surface area contributed by atoms with Crippen LogP contribution in [0.15, 0.2) is 36.4 Å². The van der Waals surface area contributed by atoms with Crippen molar-refractivity contribution in [1.82, 2.24) is 4.90 Å². The lowest BCUT2D eigenvalue weighted by atomic mass is 10.2. The van der Waals surface area contributed by atoms with E-state index in [1.54, 1.807) is 0 Å². The molecule has 0 radical (unpaired) electrons. The van der Waals surface area contributed by atoms with Crippen LogP contribution in [0.1, 0.15) is 5.56 Å². The highest BCUT2D eigenvalue weighted by Gasteiger charge is 2.14. The van der Waals surface area contributed by atoms with Gasteiger partial charge >= 0.3 is 0 Å². The Morgan fingerprint density at radius 2 is 1.61 bits per heavy atom. The highest BCUT2D eigenvalue weighted by atomic mass is 19.1. The van der Waals surface area contributed by atoms with Crippen LogP contribution in [0.5, 0.6) is 5.75 Å². The van der Waals surface area contributed by atoms with Gasteiger partial charge in [0.25, 0.3) is 5.91 Å². The van der Waals surface area contributed by atoms with Crippen LogP contribution in [0.2, 0.25) is 0 Å². The Labute approximate surface area is 130 Å². The van der Waals surface area contributed by atoms with E-state index < -0.39 is 35.8 Å². The van der Waals surface area contributed by atoms with Crippen LogP contribution in [-0.4, -0.2) is 24.5 Å². The molecule has 3 nitrogen and oxygen atoms in total. The van der Waals surface area contributed by atoms with E-state index in [9.17, 15) is 22.4 Å². The first-order valence-corrected chi connectivity index (χ1v) is 6.62. The van der Waals surface area contributed by atoms with Gasteiger partial charge in [-0.05, 0) is 18.2 Å². The van der Waals surface area contributed by atoms with E-state index in [4.69, 9.17) is 4.74 Å². The lowest BCUT2D eigenvalue weighted by Gasteiger charge is -2.18. The summed E-state index contributed by atoms with van der Waals surface area (Å²) in [6.45, 7) is -0.595. The summed E-state index contributed by atoms with van der Waals surface area (Å²) in [6, 6.07) is 5.74. The smallest absolute Gasteiger partial charge is 0.260 e. The van der Waals surface area contributed by atoms with E-state index in [1.165, 1.54) is 13.1 Å². The number of benzene rings is 2. The number of halogens is 4. The van der Waals surface area contributed by atoms with Crippen molar-refractivity contribution >= 4 is 5.91 Å². The minimum atomic E-state index is -0.926. The first-order chi connectivity index (χ1) is 10.9. The summed E-state index contributed by atoms with van der Waals surface area (Å²) < 4.78 is 57.4. The van der Waals surface area contributed by atoms with Gasteiger partial charge in [0, 0.05) is 31.3 Å². The number of likely N-dealkylation sites (N-methyl/N-ethyl adjacent to an activating group) is 1. The van der Waals surface area contributed by atoms with Gasteiger partial charge in [-0.25, -0.2) is 17.6 Å². The Morgan fingerprint density at radius 3 is 2.22 bits per heavy atom. The summed E-state index contributed by atoms with van der Waals surface area (Å²) >= 11 is 0. The van der Waals surface area contributed by atoms with Crippen molar-refractivity contribution in [2.75, 3.05) is 13.7 Å². The number of amides is 1. The van der Waals surface area contributed by atoms with Gasteiger partial charge in [-0.2, -0.15) is 0 Å². The molecule has 7 heteroatoms. The van der Waals surface area contributed by atoms with E-state index in [0.717, 1.165) is 29.2 Å². The SMILES string of the molecule is CN(Cc1ccc(F)cc1F)C(=O)COc1ccc(F)cc1F. The zero-order valence-electron chi connectivity index (χ0n) is 12.2. The molecule has 0 aliphatic heterocycles. The standard InChI is InChI=1S/C16H13F4NO2/c1-21(8-10-2-3-11(17)6-13(10)19)16(22)9-23-15-5-4-12(18)7-14(15)20/h2-7H,8-9H2,1H3. The molecule has 0 bridgehead atoms. The second kappa shape index (κ2) is 7.13. The third-order valence-corrected chi connectivity index (χ3v) is 3.09. The van der Waals surface area contributed by atoms with Crippen LogP contribution in [0.25, 0.3) is 0 Å². The summed E-state index contributed by atoms with van der Waals surface area (Å²) in [5.74, 6) is -3.97. The number of carbonyl (C=O) groups is 1. The number of ether oxygens (including phenoxy) is 1. The minimum absolute atomic E-state index is 0.0970. The summed E-state index contributed by atoms with van der Waals surface area (Å²) in [5.41, 5.74) is 0.134. The Hall–Kier alpha value is -2.57. The maximum absolute atomic E-state index is 13.5. The summed E-state index contributed by atoms with van der Waals surface area (Å²) in [5, 5.41) is 0. The van der Waals surface area contributed by atoms with Crippen LogP contribution in [-0.2, 0) is 11.3 Å². The van der Waals surface area contributed by atoms with Gasteiger partial charge in [0.1, 0.15) is 17.5 Å². The van der Waals surface area contributed by atoms with Crippen molar-refractivity contribution in [1.29, 1.82) is 0 Å². The zero-order valence-corrected chi connectivity index (χ0v) is 12.2. The van der Waals surface area contributed by atoms with Crippen LogP contribution in [0, 0.1) is 23.3 Å². The molecular weight excluding hydrogens is 314 g/mol. The number of carbonyl (C=O) groups excluding carboxylic acids is 1. The molecule has 0 fully saturated rings. The minimum Gasteiger partial charge on any atom is -0.481 e. The molecule has 2 aromatic rings. The van der Waals surface area contributed by atoms with Crippen molar-refractivity contribution in [3.8, 4) is 5.75 Å². The number of hydrogen-bond acceptors (Lipinski definition) is 2. The number of nitrogens with zero attached hydrogens (tertiary/aromatic N) is 1. The molecular formula is C16H13F4NO2. The van der Waals surface area contributed by atoms with E-state index in [-0.39, 0.29) is 17.9 Å². The predicted octanol–water partition coefficient (Wildman–Crippen LogP) is 3.28. The molecule has 23 heavy (non-hydrogen) atoms. The molecule has 0 heterocycles. The summed E-state index contributed by atoms with van der Waals surface area (Å²) in [7, 11) is 1.40. The van der Waals surface area contributed by atoms with Gasteiger partial charge < -0.3 is 9.64 Å². The molecule has 0 aromatic heterocycles. The van der Waals surface area contributed by atoms with Crippen molar-refractivity contribution in [3.05, 3.63) is 65.2 Å². The topological polar surface area (TPSA) is 29.5 Å². The van der Waals surface area contributed by atoms with E-state index in [0.29, 0.717) is 6.07 Å².